The van der Waals surface area contributed by atoms with Crippen LogP contribution in [0.25, 0.3) is 0 Å². The second-order valence-electron chi connectivity index (χ2n) is 3.89. The number of hydrogen-bond donors (Lipinski definition) is 2. The molecule has 1 aromatic rings. The molecule has 0 aromatic carbocycles. The standard InChI is InChI=1S/C11H15N3O/c1-8(9-4-6-12-7-5-9)13-11(15)14-10-2-3-10/h4-8,10H,2-3H2,1H3,(H2,13,14,15). The van der Waals surface area contributed by atoms with Gasteiger partial charge in [-0.25, -0.2) is 4.79 Å². The SMILES string of the molecule is CC(NC(=O)NC1CC1)c1ccncc1. The smallest absolute Gasteiger partial charge is 0.315 e. The summed E-state index contributed by atoms with van der Waals surface area (Å²) in [4.78, 5) is 15.4. The third kappa shape index (κ3) is 2.94. The fourth-order valence-electron chi connectivity index (χ4n) is 1.39. The van der Waals surface area contributed by atoms with Crippen molar-refractivity contribution in [3.05, 3.63) is 30.1 Å². The van der Waals surface area contributed by atoms with E-state index >= 15 is 0 Å². The monoisotopic (exact) mass is 205 g/mol. The van der Waals surface area contributed by atoms with Gasteiger partial charge < -0.3 is 10.6 Å². The van der Waals surface area contributed by atoms with E-state index in [0.29, 0.717) is 6.04 Å². The summed E-state index contributed by atoms with van der Waals surface area (Å²) < 4.78 is 0. The Labute approximate surface area is 89.1 Å². The van der Waals surface area contributed by atoms with Crippen LogP contribution >= 0.6 is 0 Å². The summed E-state index contributed by atoms with van der Waals surface area (Å²) >= 11 is 0. The van der Waals surface area contributed by atoms with Gasteiger partial charge in [0.25, 0.3) is 0 Å². The lowest BCUT2D eigenvalue weighted by Gasteiger charge is -2.14. The second-order valence-corrected chi connectivity index (χ2v) is 3.89. The van der Waals surface area contributed by atoms with E-state index in [0.717, 1.165) is 18.4 Å². The summed E-state index contributed by atoms with van der Waals surface area (Å²) in [6, 6.07) is 4.15. The molecule has 2 rings (SSSR count). The Morgan fingerprint density at radius 1 is 1.47 bits per heavy atom. The van der Waals surface area contributed by atoms with Crippen LogP contribution in [0.1, 0.15) is 31.4 Å². The largest absolute Gasteiger partial charge is 0.335 e. The van der Waals surface area contributed by atoms with E-state index in [4.69, 9.17) is 0 Å². The van der Waals surface area contributed by atoms with Gasteiger partial charge in [-0.2, -0.15) is 0 Å². The maximum absolute atomic E-state index is 11.4. The predicted molar refractivity (Wildman–Crippen MR) is 57.3 cm³/mol. The molecule has 1 fully saturated rings. The third-order valence-corrected chi connectivity index (χ3v) is 2.47. The van der Waals surface area contributed by atoms with Crippen LogP contribution in [0.3, 0.4) is 0 Å². The van der Waals surface area contributed by atoms with Gasteiger partial charge in [0, 0.05) is 18.4 Å². The lowest BCUT2D eigenvalue weighted by molar-refractivity contribution is 0.237. The molecule has 1 aliphatic carbocycles. The van der Waals surface area contributed by atoms with Crippen LogP contribution in [0.4, 0.5) is 4.79 Å². The van der Waals surface area contributed by atoms with Gasteiger partial charge in [-0.3, -0.25) is 4.98 Å². The summed E-state index contributed by atoms with van der Waals surface area (Å²) in [6.45, 7) is 1.96. The molecule has 1 saturated carbocycles. The summed E-state index contributed by atoms with van der Waals surface area (Å²) in [5.41, 5.74) is 1.07. The molecule has 1 aliphatic rings. The highest BCUT2D eigenvalue weighted by Crippen LogP contribution is 2.18. The predicted octanol–water partition coefficient (Wildman–Crippen LogP) is 1.60. The number of rotatable bonds is 3. The average Bonchev–Trinajstić information content (AvgIpc) is 3.03. The van der Waals surface area contributed by atoms with Crippen molar-refractivity contribution in [1.29, 1.82) is 0 Å². The Morgan fingerprint density at radius 3 is 2.73 bits per heavy atom. The van der Waals surface area contributed by atoms with Crippen LogP contribution in [0.15, 0.2) is 24.5 Å². The Balaban J connectivity index is 1.85. The molecule has 15 heavy (non-hydrogen) atoms. The van der Waals surface area contributed by atoms with Gasteiger partial charge >= 0.3 is 6.03 Å². The van der Waals surface area contributed by atoms with Crippen molar-refractivity contribution in [3.8, 4) is 0 Å². The third-order valence-electron chi connectivity index (χ3n) is 2.47. The van der Waals surface area contributed by atoms with Crippen molar-refractivity contribution in [3.63, 3.8) is 0 Å². The van der Waals surface area contributed by atoms with Crippen LogP contribution in [0.2, 0.25) is 0 Å². The molecule has 1 atom stereocenters. The fraction of sp³-hybridized carbons (Fsp3) is 0.455. The van der Waals surface area contributed by atoms with E-state index in [1.54, 1.807) is 12.4 Å². The van der Waals surface area contributed by atoms with Crippen molar-refractivity contribution in [2.75, 3.05) is 0 Å². The number of nitrogens with one attached hydrogen (secondary N) is 2. The minimum absolute atomic E-state index is 0.0201. The van der Waals surface area contributed by atoms with Crippen molar-refractivity contribution in [2.24, 2.45) is 0 Å². The molecule has 1 heterocycles. The molecule has 1 unspecified atom stereocenters. The number of nitrogens with zero attached hydrogens (tertiary/aromatic N) is 1. The summed E-state index contributed by atoms with van der Waals surface area (Å²) in [6.07, 6.45) is 5.67. The first kappa shape index (κ1) is 9.96. The van der Waals surface area contributed by atoms with E-state index in [9.17, 15) is 4.79 Å². The number of hydrogen-bond acceptors (Lipinski definition) is 2. The van der Waals surface area contributed by atoms with Gasteiger partial charge in [-0.15, -0.1) is 0 Å². The molecule has 0 radical (unpaired) electrons. The Kier molecular flexibility index (Phi) is 2.85. The average molecular weight is 205 g/mol. The summed E-state index contributed by atoms with van der Waals surface area (Å²) in [5, 5.41) is 5.78. The van der Waals surface area contributed by atoms with Crippen LogP contribution in [-0.2, 0) is 0 Å². The van der Waals surface area contributed by atoms with E-state index < -0.39 is 0 Å². The highest BCUT2D eigenvalue weighted by Gasteiger charge is 2.23. The number of pyridine rings is 1. The van der Waals surface area contributed by atoms with Crippen molar-refractivity contribution < 1.29 is 4.79 Å². The molecule has 0 spiro atoms. The molecule has 2 amide bonds. The maximum atomic E-state index is 11.4. The van der Waals surface area contributed by atoms with Crippen molar-refractivity contribution >= 4 is 6.03 Å². The first-order valence-corrected chi connectivity index (χ1v) is 5.22. The zero-order valence-corrected chi connectivity index (χ0v) is 8.73. The van der Waals surface area contributed by atoms with Gasteiger partial charge in [-0.1, -0.05) is 0 Å². The molecule has 4 heteroatoms. The normalized spacial score (nSPS) is 16.9. The van der Waals surface area contributed by atoms with E-state index in [-0.39, 0.29) is 12.1 Å². The van der Waals surface area contributed by atoms with Crippen LogP contribution in [0, 0.1) is 0 Å². The van der Waals surface area contributed by atoms with Crippen LogP contribution in [0.5, 0.6) is 0 Å². The van der Waals surface area contributed by atoms with Crippen molar-refractivity contribution in [1.82, 2.24) is 15.6 Å². The topological polar surface area (TPSA) is 54.0 Å². The van der Waals surface area contributed by atoms with Crippen LogP contribution in [-0.4, -0.2) is 17.1 Å². The lowest BCUT2D eigenvalue weighted by atomic mass is 10.1. The quantitative estimate of drug-likeness (QED) is 0.787. The van der Waals surface area contributed by atoms with Gasteiger partial charge in [0.15, 0.2) is 0 Å². The van der Waals surface area contributed by atoms with Gasteiger partial charge in [0.05, 0.1) is 6.04 Å². The molecular formula is C11H15N3O. The fourth-order valence-corrected chi connectivity index (χ4v) is 1.39. The molecule has 2 N–H and O–H groups in total. The van der Waals surface area contributed by atoms with E-state index in [2.05, 4.69) is 15.6 Å². The first-order valence-electron chi connectivity index (χ1n) is 5.22. The Hall–Kier alpha value is -1.58. The Morgan fingerprint density at radius 2 is 2.13 bits per heavy atom. The maximum Gasteiger partial charge on any atom is 0.315 e. The molecule has 0 aliphatic heterocycles. The minimum atomic E-state index is -0.0817. The molecule has 4 nitrogen and oxygen atoms in total. The summed E-state index contributed by atoms with van der Waals surface area (Å²) in [7, 11) is 0. The highest BCUT2D eigenvalue weighted by atomic mass is 16.2. The minimum Gasteiger partial charge on any atom is -0.335 e. The Bertz CT molecular complexity index is 335. The first-order chi connectivity index (χ1) is 7.25. The van der Waals surface area contributed by atoms with Gasteiger partial charge in [0.1, 0.15) is 0 Å². The number of amides is 2. The second kappa shape index (κ2) is 4.29. The molecule has 0 bridgehead atoms. The molecule has 0 saturated heterocycles. The molecule has 80 valence electrons. The van der Waals surface area contributed by atoms with Crippen LogP contribution < -0.4 is 10.6 Å². The molecular weight excluding hydrogens is 190 g/mol. The van der Waals surface area contributed by atoms with E-state index in [1.165, 1.54) is 0 Å². The zero-order chi connectivity index (χ0) is 10.7. The number of carbonyl (C=O) groups is 1. The van der Waals surface area contributed by atoms with E-state index in [1.807, 2.05) is 19.1 Å². The van der Waals surface area contributed by atoms with Gasteiger partial charge in [-0.05, 0) is 37.5 Å². The van der Waals surface area contributed by atoms with Gasteiger partial charge in [0.2, 0.25) is 0 Å². The number of urea groups is 1. The highest BCUT2D eigenvalue weighted by molar-refractivity contribution is 5.75. The molecule has 1 aromatic heterocycles. The number of carbonyl (C=O) groups excluding carboxylic acids is 1. The number of aromatic nitrogens is 1. The lowest BCUT2D eigenvalue weighted by Crippen LogP contribution is -2.38. The zero-order valence-electron chi connectivity index (χ0n) is 8.73. The van der Waals surface area contributed by atoms with Crippen molar-refractivity contribution in [2.45, 2.75) is 31.8 Å². The summed E-state index contributed by atoms with van der Waals surface area (Å²) in [5.74, 6) is 0.